The first-order valence-corrected chi connectivity index (χ1v) is 11.0. The summed E-state index contributed by atoms with van der Waals surface area (Å²) in [7, 11) is 3.00. The van der Waals surface area contributed by atoms with Gasteiger partial charge in [-0.25, -0.2) is 4.39 Å². The van der Waals surface area contributed by atoms with Gasteiger partial charge in [0.15, 0.2) is 0 Å². The largest absolute Gasteiger partial charge is 0.507 e. The number of carbonyl (C=O) groups excluding carboxylic acids is 2. The van der Waals surface area contributed by atoms with Crippen molar-refractivity contribution in [3.63, 3.8) is 0 Å². The van der Waals surface area contributed by atoms with Gasteiger partial charge in [0.25, 0.3) is 11.7 Å². The molecule has 1 N–H and O–H groups in total. The molecule has 0 spiro atoms. The van der Waals surface area contributed by atoms with Crippen LogP contribution in [0.1, 0.15) is 17.2 Å². The van der Waals surface area contributed by atoms with Crippen LogP contribution in [-0.4, -0.2) is 80.2 Å². The van der Waals surface area contributed by atoms with Crippen molar-refractivity contribution in [1.29, 1.82) is 0 Å². The average Bonchev–Trinajstić information content (AvgIpc) is 3.12. The van der Waals surface area contributed by atoms with Crippen molar-refractivity contribution in [2.45, 2.75) is 6.04 Å². The third-order valence-corrected chi connectivity index (χ3v) is 6.15. The maximum Gasteiger partial charge on any atom is 0.295 e. The normalized spacial score (nSPS) is 20.6. The highest BCUT2D eigenvalue weighted by atomic mass is 19.1. The molecule has 2 aromatic carbocycles. The van der Waals surface area contributed by atoms with Gasteiger partial charge in [0, 0.05) is 37.3 Å². The van der Waals surface area contributed by atoms with E-state index in [2.05, 4.69) is 4.90 Å². The summed E-state index contributed by atoms with van der Waals surface area (Å²) in [5, 5.41) is 11.1. The lowest BCUT2D eigenvalue weighted by atomic mass is 9.94. The second kappa shape index (κ2) is 10.2. The molecule has 0 bridgehead atoms. The van der Waals surface area contributed by atoms with E-state index in [1.54, 1.807) is 18.2 Å². The minimum Gasteiger partial charge on any atom is -0.507 e. The molecule has 180 valence electrons. The molecule has 0 aliphatic carbocycles. The Morgan fingerprint density at radius 1 is 1.06 bits per heavy atom. The predicted octanol–water partition coefficient (Wildman–Crippen LogP) is 2.60. The van der Waals surface area contributed by atoms with Gasteiger partial charge in [-0.3, -0.25) is 14.5 Å². The monoisotopic (exact) mass is 470 g/mol. The zero-order valence-corrected chi connectivity index (χ0v) is 19.1. The quantitative estimate of drug-likeness (QED) is 0.378. The van der Waals surface area contributed by atoms with Crippen LogP contribution in [0, 0.1) is 5.82 Å². The lowest BCUT2D eigenvalue weighted by Crippen LogP contribution is -2.42. The van der Waals surface area contributed by atoms with E-state index >= 15 is 0 Å². The number of aliphatic hydroxyl groups is 1. The van der Waals surface area contributed by atoms with Crippen molar-refractivity contribution in [3.8, 4) is 11.5 Å². The zero-order chi connectivity index (χ0) is 24.2. The third kappa shape index (κ3) is 4.62. The Hall–Kier alpha value is -3.43. The summed E-state index contributed by atoms with van der Waals surface area (Å²) in [6.07, 6.45) is 0. The molecule has 0 saturated carbocycles. The highest BCUT2D eigenvalue weighted by Crippen LogP contribution is 2.43. The summed E-state index contributed by atoms with van der Waals surface area (Å²) in [5.41, 5.74) is 0.663. The fraction of sp³-hybridized carbons (Fsp3) is 0.360. The minimum atomic E-state index is -0.906. The number of halogens is 1. The number of morpholine rings is 1. The van der Waals surface area contributed by atoms with Crippen molar-refractivity contribution in [2.24, 2.45) is 0 Å². The number of ketones is 1. The molecular weight excluding hydrogens is 443 g/mol. The molecule has 2 heterocycles. The lowest BCUT2D eigenvalue weighted by molar-refractivity contribution is -0.140. The van der Waals surface area contributed by atoms with E-state index in [9.17, 15) is 19.1 Å². The number of methoxy groups -OCH3 is 2. The molecule has 0 aromatic heterocycles. The van der Waals surface area contributed by atoms with Gasteiger partial charge in [0.05, 0.1) is 39.0 Å². The number of carbonyl (C=O) groups is 2. The van der Waals surface area contributed by atoms with E-state index in [1.807, 2.05) is 0 Å². The van der Waals surface area contributed by atoms with Gasteiger partial charge in [-0.05, 0) is 42.5 Å². The number of hydrogen-bond acceptors (Lipinski definition) is 7. The molecule has 2 fully saturated rings. The Balaban J connectivity index is 1.81. The fourth-order valence-corrected chi connectivity index (χ4v) is 4.32. The molecule has 2 saturated heterocycles. The predicted molar refractivity (Wildman–Crippen MR) is 122 cm³/mol. The maximum atomic E-state index is 13.5. The van der Waals surface area contributed by atoms with Crippen LogP contribution in [0.15, 0.2) is 48.0 Å². The van der Waals surface area contributed by atoms with E-state index in [-0.39, 0.29) is 23.4 Å². The van der Waals surface area contributed by atoms with Gasteiger partial charge in [0.2, 0.25) is 0 Å². The molecule has 0 radical (unpaired) electrons. The molecular formula is C25H27FN2O6. The highest BCUT2D eigenvalue weighted by molar-refractivity contribution is 6.46. The second-order valence-electron chi connectivity index (χ2n) is 8.06. The van der Waals surface area contributed by atoms with E-state index < -0.39 is 23.5 Å². The standard InChI is InChI=1S/C25H27FN2O6/c1-32-18-7-8-20(33-2)19(15-18)22-21(23(29)16-3-5-17(26)6-4-16)24(30)25(31)28(22)10-9-27-11-13-34-14-12-27/h3-8,15,22,29H,9-14H2,1-2H3/t22-/m1/s1. The lowest BCUT2D eigenvalue weighted by Gasteiger charge is -2.31. The summed E-state index contributed by atoms with van der Waals surface area (Å²) < 4.78 is 29.7. The Bertz CT molecular complexity index is 1100. The highest BCUT2D eigenvalue weighted by Gasteiger charge is 2.47. The average molecular weight is 470 g/mol. The SMILES string of the molecule is COc1ccc(OC)c([C@@H]2C(=C(O)c3ccc(F)cc3)C(=O)C(=O)N2CCN2CCOCC2)c1. The number of hydrogen-bond donors (Lipinski definition) is 1. The molecule has 4 rings (SSSR count). The van der Waals surface area contributed by atoms with Gasteiger partial charge in [-0.2, -0.15) is 0 Å². The van der Waals surface area contributed by atoms with Crippen molar-refractivity contribution in [1.82, 2.24) is 9.80 Å². The number of rotatable bonds is 7. The summed E-state index contributed by atoms with van der Waals surface area (Å²) in [6.45, 7) is 3.47. The van der Waals surface area contributed by atoms with E-state index in [0.717, 1.165) is 13.1 Å². The van der Waals surface area contributed by atoms with Gasteiger partial charge in [0.1, 0.15) is 23.1 Å². The summed E-state index contributed by atoms with van der Waals surface area (Å²) in [5.74, 6) is -1.42. The molecule has 34 heavy (non-hydrogen) atoms. The number of nitrogens with zero attached hydrogens (tertiary/aromatic N) is 2. The van der Waals surface area contributed by atoms with Crippen LogP contribution in [0.5, 0.6) is 11.5 Å². The topological polar surface area (TPSA) is 88.5 Å². The molecule has 2 aliphatic rings. The van der Waals surface area contributed by atoms with Crippen LogP contribution in [0.3, 0.4) is 0 Å². The zero-order valence-electron chi connectivity index (χ0n) is 19.1. The number of benzene rings is 2. The van der Waals surface area contributed by atoms with E-state index in [1.165, 1.54) is 43.4 Å². The summed E-state index contributed by atoms with van der Waals surface area (Å²) >= 11 is 0. The van der Waals surface area contributed by atoms with Crippen LogP contribution < -0.4 is 9.47 Å². The van der Waals surface area contributed by atoms with Crippen molar-refractivity contribution in [3.05, 3.63) is 65.0 Å². The first kappa shape index (κ1) is 23.7. The fourth-order valence-electron chi connectivity index (χ4n) is 4.32. The van der Waals surface area contributed by atoms with Crippen LogP contribution in [0.2, 0.25) is 0 Å². The molecule has 2 aliphatic heterocycles. The Morgan fingerprint density at radius 2 is 1.76 bits per heavy atom. The molecule has 1 amide bonds. The molecule has 0 unspecified atom stereocenters. The number of amides is 1. The Labute approximate surface area is 197 Å². The van der Waals surface area contributed by atoms with Gasteiger partial charge in [-0.15, -0.1) is 0 Å². The molecule has 9 heteroatoms. The molecule has 1 atom stereocenters. The first-order valence-electron chi connectivity index (χ1n) is 11.0. The number of likely N-dealkylation sites (tertiary alicyclic amines) is 1. The summed E-state index contributed by atoms with van der Waals surface area (Å²) in [4.78, 5) is 30.0. The summed E-state index contributed by atoms with van der Waals surface area (Å²) in [6, 6.07) is 9.29. The minimum absolute atomic E-state index is 0.0786. The first-order chi connectivity index (χ1) is 16.4. The van der Waals surface area contributed by atoms with Crippen molar-refractivity contribution in [2.75, 3.05) is 53.6 Å². The number of ether oxygens (including phenoxy) is 3. The maximum absolute atomic E-state index is 13.5. The van der Waals surface area contributed by atoms with Crippen LogP contribution in [0.4, 0.5) is 4.39 Å². The van der Waals surface area contributed by atoms with Gasteiger partial charge < -0.3 is 24.2 Å². The van der Waals surface area contributed by atoms with Crippen molar-refractivity contribution < 1.29 is 33.3 Å². The Morgan fingerprint density at radius 3 is 2.41 bits per heavy atom. The third-order valence-electron chi connectivity index (χ3n) is 6.15. The molecule has 8 nitrogen and oxygen atoms in total. The van der Waals surface area contributed by atoms with Crippen LogP contribution >= 0.6 is 0 Å². The van der Waals surface area contributed by atoms with Gasteiger partial charge >= 0.3 is 0 Å². The van der Waals surface area contributed by atoms with Crippen LogP contribution in [-0.2, 0) is 14.3 Å². The number of Topliss-reactive ketones (excluding diaryl/α,β-unsaturated/α-hetero) is 1. The van der Waals surface area contributed by atoms with Crippen molar-refractivity contribution >= 4 is 17.4 Å². The smallest absolute Gasteiger partial charge is 0.295 e. The number of aliphatic hydroxyl groups excluding tert-OH is 1. The Kier molecular flexibility index (Phi) is 7.14. The van der Waals surface area contributed by atoms with E-state index in [0.29, 0.717) is 36.8 Å². The second-order valence-corrected chi connectivity index (χ2v) is 8.06. The molecule has 2 aromatic rings. The van der Waals surface area contributed by atoms with E-state index in [4.69, 9.17) is 14.2 Å². The van der Waals surface area contributed by atoms with Crippen LogP contribution in [0.25, 0.3) is 5.76 Å². The van der Waals surface area contributed by atoms with Gasteiger partial charge in [-0.1, -0.05) is 0 Å².